The van der Waals surface area contributed by atoms with E-state index in [2.05, 4.69) is 5.16 Å². The Bertz CT molecular complexity index is 629. The summed E-state index contributed by atoms with van der Waals surface area (Å²) in [6.45, 7) is 0. The van der Waals surface area contributed by atoms with Crippen LogP contribution in [0, 0.1) is 0 Å². The normalized spacial score (nSPS) is 11.9. The number of hydrogen-bond donors (Lipinski definition) is 1. The Hall–Kier alpha value is -2.10. The minimum absolute atomic E-state index is 0.0677. The summed E-state index contributed by atoms with van der Waals surface area (Å²) < 4.78 is 1.38. The van der Waals surface area contributed by atoms with E-state index < -0.39 is 0 Å². The predicted octanol–water partition coefficient (Wildman–Crippen LogP) is 0.828. The van der Waals surface area contributed by atoms with Crippen LogP contribution in [0.3, 0.4) is 0 Å². The molecule has 2 rings (SSSR count). The van der Waals surface area contributed by atoms with Crippen molar-refractivity contribution in [2.75, 3.05) is 0 Å². The van der Waals surface area contributed by atoms with E-state index in [0.717, 1.165) is 5.39 Å². The fourth-order valence-corrected chi connectivity index (χ4v) is 1.50. The Balaban J connectivity index is 3.19. The van der Waals surface area contributed by atoms with E-state index in [0.29, 0.717) is 5.39 Å². The molecule has 0 aliphatic carbocycles. The highest BCUT2D eigenvalue weighted by Crippen LogP contribution is 2.05. The quantitative estimate of drug-likeness (QED) is 0.508. The molecule has 0 bridgehead atoms. The maximum Gasteiger partial charge on any atom is 0.280 e. The zero-order valence-corrected chi connectivity index (χ0v) is 8.21. The Labute approximate surface area is 85.7 Å². The van der Waals surface area contributed by atoms with E-state index in [-0.39, 0.29) is 10.9 Å². The predicted molar refractivity (Wildman–Crippen MR) is 56.5 cm³/mol. The highest BCUT2D eigenvalue weighted by molar-refractivity contribution is 5.80. The van der Waals surface area contributed by atoms with E-state index in [1.54, 1.807) is 25.4 Å². The van der Waals surface area contributed by atoms with Crippen molar-refractivity contribution in [1.29, 1.82) is 0 Å². The number of benzene rings is 1. The lowest BCUT2D eigenvalue weighted by Crippen LogP contribution is -2.30. The molecule has 0 amide bonds. The van der Waals surface area contributed by atoms with Crippen LogP contribution < -0.4 is 10.9 Å². The topological polar surface area (TPSA) is 54.6 Å². The summed E-state index contributed by atoms with van der Waals surface area (Å²) in [4.78, 5) is 11.7. The largest absolute Gasteiger partial charge is 0.410 e. The molecular weight excluding hydrogens is 192 g/mol. The summed E-state index contributed by atoms with van der Waals surface area (Å²) >= 11 is 0. The molecule has 4 heteroatoms. The molecule has 0 atom stereocenters. The van der Waals surface area contributed by atoms with Crippen molar-refractivity contribution in [2.45, 2.75) is 0 Å². The second kappa shape index (κ2) is 3.57. The van der Waals surface area contributed by atoms with Gasteiger partial charge in [-0.15, -0.1) is 0 Å². The SMILES string of the molecule is Cn1ccc2ccccc2/c(=N/O)c1=O. The van der Waals surface area contributed by atoms with Gasteiger partial charge < -0.3 is 9.77 Å². The van der Waals surface area contributed by atoms with Crippen LogP contribution in [-0.2, 0) is 7.05 Å². The van der Waals surface area contributed by atoms with Crippen molar-refractivity contribution in [1.82, 2.24) is 4.57 Å². The van der Waals surface area contributed by atoms with Crippen LogP contribution in [-0.4, -0.2) is 9.77 Å². The standard InChI is InChI=1S/C11H10N2O2/c1-13-7-6-8-4-2-3-5-9(8)10(12-15)11(13)14/h2-7,15H,1H3/b12-10-. The lowest BCUT2D eigenvalue weighted by molar-refractivity contribution is 0.301. The van der Waals surface area contributed by atoms with Gasteiger partial charge in [-0.3, -0.25) is 4.79 Å². The van der Waals surface area contributed by atoms with E-state index in [4.69, 9.17) is 5.21 Å². The third-order valence-corrected chi connectivity index (χ3v) is 2.32. The van der Waals surface area contributed by atoms with Crippen LogP contribution >= 0.6 is 0 Å². The summed E-state index contributed by atoms with van der Waals surface area (Å²) in [7, 11) is 1.62. The van der Waals surface area contributed by atoms with E-state index in [9.17, 15) is 4.79 Å². The summed E-state index contributed by atoms with van der Waals surface area (Å²) in [5, 5.41) is 13.5. The highest BCUT2D eigenvalue weighted by Gasteiger charge is 1.99. The molecule has 0 aliphatic heterocycles. The molecule has 76 valence electrons. The summed E-state index contributed by atoms with van der Waals surface area (Å²) in [5.41, 5.74) is -0.321. The van der Waals surface area contributed by atoms with Gasteiger partial charge in [0.2, 0.25) is 0 Å². The summed E-state index contributed by atoms with van der Waals surface area (Å²) in [6.07, 6.45) is 1.65. The average Bonchev–Trinajstić information content (AvgIpc) is 2.38. The third-order valence-electron chi connectivity index (χ3n) is 2.32. The van der Waals surface area contributed by atoms with Crippen LogP contribution in [0.25, 0.3) is 10.8 Å². The van der Waals surface area contributed by atoms with Gasteiger partial charge in [-0.1, -0.05) is 29.4 Å². The van der Waals surface area contributed by atoms with Crippen LogP contribution in [0.4, 0.5) is 0 Å². The van der Waals surface area contributed by atoms with Crippen molar-refractivity contribution in [3.8, 4) is 0 Å². The number of nitrogens with zero attached hydrogens (tertiary/aromatic N) is 2. The van der Waals surface area contributed by atoms with Gasteiger partial charge in [0.15, 0.2) is 5.36 Å². The second-order valence-corrected chi connectivity index (χ2v) is 3.27. The van der Waals surface area contributed by atoms with Crippen LogP contribution in [0.15, 0.2) is 46.5 Å². The molecule has 0 spiro atoms. The first-order chi connectivity index (χ1) is 7.24. The summed E-state index contributed by atoms with van der Waals surface area (Å²) in [6, 6.07) is 9.10. The highest BCUT2D eigenvalue weighted by atomic mass is 16.4. The zero-order valence-electron chi connectivity index (χ0n) is 8.21. The van der Waals surface area contributed by atoms with Gasteiger partial charge in [-0.2, -0.15) is 0 Å². The van der Waals surface area contributed by atoms with Crippen LogP contribution in [0.2, 0.25) is 0 Å². The van der Waals surface area contributed by atoms with Crippen molar-refractivity contribution in [2.24, 2.45) is 12.2 Å². The maximum absolute atomic E-state index is 11.7. The Morgan fingerprint density at radius 1 is 1.27 bits per heavy atom. The molecule has 1 N–H and O–H groups in total. The minimum atomic E-state index is -0.321. The molecular formula is C11H10N2O2. The molecule has 0 saturated heterocycles. The van der Waals surface area contributed by atoms with Crippen molar-refractivity contribution in [3.05, 3.63) is 52.2 Å². The lowest BCUT2D eigenvalue weighted by Gasteiger charge is -1.88. The Morgan fingerprint density at radius 2 is 2.00 bits per heavy atom. The van der Waals surface area contributed by atoms with Gasteiger partial charge in [0.25, 0.3) is 5.56 Å². The molecule has 0 radical (unpaired) electrons. The number of hydrogen-bond acceptors (Lipinski definition) is 3. The van der Waals surface area contributed by atoms with Gasteiger partial charge >= 0.3 is 0 Å². The Kier molecular flexibility index (Phi) is 2.25. The molecule has 0 unspecified atom stereocenters. The van der Waals surface area contributed by atoms with Gasteiger partial charge in [-0.25, -0.2) is 0 Å². The molecule has 15 heavy (non-hydrogen) atoms. The van der Waals surface area contributed by atoms with Crippen molar-refractivity contribution < 1.29 is 5.21 Å². The van der Waals surface area contributed by atoms with Crippen molar-refractivity contribution >= 4 is 10.8 Å². The van der Waals surface area contributed by atoms with Crippen molar-refractivity contribution in [3.63, 3.8) is 0 Å². The second-order valence-electron chi connectivity index (χ2n) is 3.27. The minimum Gasteiger partial charge on any atom is -0.410 e. The number of aryl methyl sites for hydroxylation is 1. The fourth-order valence-electron chi connectivity index (χ4n) is 1.50. The smallest absolute Gasteiger partial charge is 0.280 e. The molecule has 1 heterocycles. The van der Waals surface area contributed by atoms with Gasteiger partial charge in [0, 0.05) is 18.6 Å². The van der Waals surface area contributed by atoms with E-state index >= 15 is 0 Å². The first-order valence-electron chi connectivity index (χ1n) is 4.51. The van der Waals surface area contributed by atoms with Crippen LogP contribution in [0.5, 0.6) is 0 Å². The first-order valence-corrected chi connectivity index (χ1v) is 4.51. The fraction of sp³-hybridized carbons (Fsp3) is 0.0909. The molecule has 4 nitrogen and oxygen atoms in total. The third kappa shape index (κ3) is 1.50. The molecule has 0 saturated carbocycles. The van der Waals surface area contributed by atoms with E-state index in [1.165, 1.54) is 4.57 Å². The van der Waals surface area contributed by atoms with Crippen LogP contribution in [0.1, 0.15) is 0 Å². The van der Waals surface area contributed by atoms with Gasteiger partial charge in [-0.05, 0) is 11.5 Å². The summed E-state index contributed by atoms with van der Waals surface area (Å²) in [5.74, 6) is 0. The monoisotopic (exact) mass is 202 g/mol. The Morgan fingerprint density at radius 3 is 2.73 bits per heavy atom. The maximum atomic E-state index is 11.7. The lowest BCUT2D eigenvalue weighted by atomic mass is 10.2. The molecule has 2 aromatic rings. The molecule has 1 aromatic heterocycles. The van der Waals surface area contributed by atoms with E-state index in [1.807, 2.05) is 18.2 Å². The van der Waals surface area contributed by atoms with Gasteiger partial charge in [0.1, 0.15) is 0 Å². The molecule has 0 fully saturated rings. The first kappa shape index (κ1) is 9.45. The zero-order chi connectivity index (χ0) is 10.8. The number of aromatic nitrogens is 1. The average molecular weight is 202 g/mol. The van der Waals surface area contributed by atoms with Gasteiger partial charge in [0.05, 0.1) is 0 Å². The molecule has 1 aromatic carbocycles. The number of rotatable bonds is 0. The molecule has 0 aliphatic rings. The number of fused-ring (bicyclic) bond motifs is 1.